The molecule has 0 spiro atoms. The molecule has 25 heavy (non-hydrogen) atoms. The molecule has 2 aliphatic rings. The number of benzene rings is 1. The second kappa shape index (κ2) is 6.78. The van der Waals surface area contributed by atoms with Crippen molar-refractivity contribution < 1.29 is 9.53 Å². The summed E-state index contributed by atoms with van der Waals surface area (Å²) in [6.45, 7) is 13.0. The van der Waals surface area contributed by atoms with Crippen LogP contribution in [0.5, 0.6) is 0 Å². The van der Waals surface area contributed by atoms with Gasteiger partial charge in [-0.1, -0.05) is 45.0 Å². The maximum Gasteiger partial charge on any atom is 0.192 e. The largest absolute Gasteiger partial charge is 0.411 e. The van der Waals surface area contributed by atoms with Crippen LogP contribution < -0.4 is 5.73 Å². The van der Waals surface area contributed by atoms with Crippen LogP contribution in [0.1, 0.15) is 38.3 Å². The molecule has 0 amide bonds. The van der Waals surface area contributed by atoms with Gasteiger partial charge in [-0.05, 0) is 42.1 Å². The highest BCUT2D eigenvalue weighted by Crippen LogP contribution is 2.40. The van der Waals surface area contributed by atoms with E-state index < -0.39 is 14.4 Å². The first-order valence-electron chi connectivity index (χ1n) is 9.52. The summed E-state index contributed by atoms with van der Waals surface area (Å²) in [6, 6.07) is 8.56. The van der Waals surface area contributed by atoms with Gasteiger partial charge >= 0.3 is 0 Å². The topological polar surface area (TPSA) is 58.7 Å². The summed E-state index contributed by atoms with van der Waals surface area (Å²) in [5.41, 5.74) is 9.26. The first-order valence-corrected chi connectivity index (χ1v) is 12.4. The summed E-state index contributed by atoms with van der Waals surface area (Å²) in [4.78, 5) is 2.37. The maximum absolute atomic E-state index is 11.0. The van der Waals surface area contributed by atoms with Gasteiger partial charge in [-0.3, -0.25) is 4.90 Å². The Morgan fingerprint density at radius 2 is 1.84 bits per heavy atom. The van der Waals surface area contributed by atoms with Crippen molar-refractivity contribution in [2.24, 2.45) is 5.73 Å². The third kappa shape index (κ3) is 3.71. The number of nitrogens with zero attached hydrogens (tertiary/aromatic N) is 1. The highest BCUT2D eigenvalue weighted by molar-refractivity contribution is 6.74. The predicted molar refractivity (Wildman–Crippen MR) is 105 cm³/mol. The molecule has 1 fully saturated rings. The summed E-state index contributed by atoms with van der Waals surface area (Å²) in [7, 11) is -1.91. The third-order valence-corrected chi connectivity index (χ3v) is 11.0. The van der Waals surface area contributed by atoms with Crippen molar-refractivity contribution in [2.45, 2.75) is 82.6 Å². The SMILES string of the molecule is CC(C)(C)[Si](C)(C)O[C@@H]1C[C@H](N)[C@@H](N2CCc3ccccc3C2)[C@@H]1O. The highest BCUT2D eigenvalue weighted by atomic mass is 28.4. The Labute approximate surface area is 153 Å². The van der Waals surface area contributed by atoms with Gasteiger partial charge in [0, 0.05) is 19.1 Å². The lowest BCUT2D eigenvalue weighted by atomic mass is 9.97. The van der Waals surface area contributed by atoms with Crippen LogP contribution in [0.4, 0.5) is 0 Å². The van der Waals surface area contributed by atoms with Gasteiger partial charge in [0.15, 0.2) is 8.32 Å². The van der Waals surface area contributed by atoms with E-state index in [0.29, 0.717) is 0 Å². The zero-order chi connectivity index (χ0) is 18.4. The number of hydrogen-bond acceptors (Lipinski definition) is 4. The lowest BCUT2D eigenvalue weighted by Crippen LogP contribution is -2.53. The fraction of sp³-hybridized carbons (Fsp3) is 0.700. The predicted octanol–water partition coefficient (Wildman–Crippen LogP) is 2.90. The van der Waals surface area contributed by atoms with E-state index in [1.165, 1.54) is 11.1 Å². The van der Waals surface area contributed by atoms with Crippen molar-refractivity contribution in [2.75, 3.05) is 6.54 Å². The van der Waals surface area contributed by atoms with Crippen LogP contribution in [-0.4, -0.2) is 49.2 Å². The minimum atomic E-state index is -1.91. The summed E-state index contributed by atoms with van der Waals surface area (Å²) < 4.78 is 6.52. The fourth-order valence-corrected chi connectivity index (χ4v) is 5.30. The van der Waals surface area contributed by atoms with Crippen molar-refractivity contribution in [1.82, 2.24) is 4.90 Å². The van der Waals surface area contributed by atoms with Crippen molar-refractivity contribution in [1.29, 1.82) is 0 Å². The number of hydrogen-bond donors (Lipinski definition) is 2. The molecule has 1 aliphatic heterocycles. The van der Waals surface area contributed by atoms with Crippen LogP contribution in [0.15, 0.2) is 24.3 Å². The molecule has 1 aliphatic carbocycles. The molecule has 3 N–H and O–H groups in total. The highest BCUT2D eigenvalue weighted by Gasteiger charge is 2.48. The Kier molecular flexibility index (Phi) is 5.17. The van der Waals surface area contributed by atoms with Gasteiger partial charge in [0.25, 0.3) is 0 Å². The molecule has 1 aromatic carbocycles. The first-order chi connectivity index (χ1) is 11.6. The maximum atomic E-state index is 11.0. The first kappa shape index (κ1) is 19.0. The summed E-state index contributed by atoms with van der Waals surface area (Å²) in [5.74, 6) is 0. The zero-order valence-corrected chi connectivity index (χ0v) is 17.3. The number of aliphatic hydroxyl groups is 1. The van der Waals surface area contributed by atoms with E-state index in [1.54, 1.807) is 0 Å². The van der Waals surface area contributed by atoms with E-state index >= 15 is 0 Å². The lowest BCUT2D eigenvalue weighted by Gasteiger charge is -2.40. The van der Waals surface area contributed by atoms with E-state index in [1.807, 2.05) is 0 Å². The average molecular weight is 363 g/mol. The molecule has 1 saturated carbocycles. The number of rotatable bonds is 3. The van der Waals surface area contributed by atoms with Gasteiger partial charge < -0.3 is 15.3 Å². The van der Waals surface area contributed by atoms with Gasteiger partial charge in [0.1, 0.15) is 0 Å². The molecule has 0 bridgehead atoms. The minimum absolute atomic E-state index is 0.0110. The summed E-state index contributed by atoms with van der Waals surface area (Å²) in [5, 5.41) is 11.2. The van der Waals surface area contributed by atoms with Crippen LogP contribution in [0, 0.1) is 0 Å². The van der Waals surface area contributed by atoms with Gasteiger partial charge in [0.2, 0.25) is 0 Å². The fourth-order valence-electron chi connectivity index (χ4n) is 3.95. The second-order valence-corrected chi connectivity index (χ2v) is 14.0. The van der Waals surface area contributed by atoms with Gasteiger partial charge in [-0.15, -0.1) is 0 Å². The molecule has 1 aromatic rings. The molecular weight excluding hydrogens is 328 g/mol. The Morgan fingerprint density at radius 3 is 2.48 bits per heavy atom. The van der Waals surface area contributed by atoms with Crippen LogP contribution in [0.25, 0.3) is 0 Å². The Balaban J connectivity index is 1.72. The van der Waals surface area contributed by atoms with Crippen LogP contribution in [0.3, 0.4) is 0 Å². The van der Waals surface area contributed by atoms with E-state index in [9.17, 15) is 5.11 Å². The normalized spacial score (nSPS) is 31.2. The van der Waals surface area contributed by atoms with Gasteiger partial charge in [0.05, 0.1) is 18.2 Å². The third-order valence-electron chi connectivity index (χ3n) is 6.51. The molecule has 0 aromatic heterocycles. The molecule has 5 heteroatoms. The molecule has 0 saturated heterocycles. The zero-order valence-electron chi connectivity index (χ0n) is 16.3. The molecule has 4 nitrogen and oxygen atoms in total. The van der Waals surface area contributed by atoms with E-state index in [2.05, 4.69) is 63.0 Å². The molecule has 3 rings (SSSR count). The molecule has 140 valence electrons. The molecule has 1 heterocycles. The van der Waals surface area contributed by atoms with Crippen molar-refractivity contribution in [3.63, 3.8) is 0 Å². The van der Waals surface area contributed by atoms with E-state index in [-0.39, 0.29) is 23.2 Å². The molecule has 4 atom stereocenters. The van der Waals surface area contributed by atoms with Crippen molar-refractivity contribution >= 4 is 8.32 Å². The average Bonchev–Trinajstić information content (AvgIpc) is 2.79. The van der Waals surface area contributed by atoms with Crippen molar-refractivity contribution in [3.8, 4) is 0 Å². The number of aliphatic hydroxyl groups excluding tert-OH is 1. The van der Waals surface area contributed by atoms with Crippen LogP contribution in [0.2, 0.25) is 18.1 Å². The lowest BCUT2D eigenvalue weighted by molar-refractivity contribution is -0.000877. The number of fused-ring (bicyclic) bond motifs is 1. The Hall–Kier alpha value is -0.723. The standard InChI is InChI=1S/C20H34N2O2Si/c1-20(2,3)25(4,5)24-17-12-16(21)18(19(17)23)22-11-10-14-8-6-7-9-15(14)13-22/h6-9,16-19,23H,10-13,21H2,1-5H3/t16-,17+,18+,19+/m0/s1. The molecular formula is C20H34N2O2Si. The Bertz CT molecular complexity index is 614. The van der Waals surface area contributed by atoms with Gasteiger partial charge in [-0.25, -0.2) is 0 Å². The smallest absolute Gasteiger partial charge is 0.192 e. The van der Waals surface area contributed by atoms with Crippen LogP contribution >= 0.6 is 0 Å². The summed E-state index contributed by atoms with van der Waals surface area (Å²) in [6.07, 6.45) is 1.13. The second-order valence-electron chi connectivity index (χ2n) is 9.29. The van der Waals surface area contributed by atoms with Gasteiger partial charge in [-0.2, -0.15) is 0 Å². The quantitative estimate of drug-likeness (QED) is 0.812. The Morgan fingerprint density at radius 1 is 1.20 bits per heavy atom. The van der Waals surface area contributed by atoms with Crippen molar-refractivity contribution in [3.05, 3.63) is 35.4 Å². The summed E-state index contributed by atoms with van der Waals surface area (Å²) >= 11 is 0. The minimum Gasteiger partial charge on any atom is -0.411 e. The monoisotopic (exact) mass is 362 g/mol. The van der Waals surface area contributed by atoms with E-state index in [4.69, 9.17) is 10.2 Å². The molecule has 0 unspecified atom stereocenters. The van der Waals surface area contributed by atoms with E-state index in [0.717, 1.165) is 25.9 Å². The number of nitrogens with two attached hydrogens (primary N) is 1. The van der Waals surface area contributed by atoms with Crippen LogP contribution in [-0.2, 0) is 17.4 Å². The molecule has 0 radical (unpaired) electrons.